The molecule has 0 unspecified atom stereocenters. The van der Waals surface area contributed by atoms with Crippen molar-refractivity contribution in [3.63, 3.8) is 0 Å². The van der Waals surface area contributed by atoms with Gasteiger partial charge >= 0.3 is 0 Å². The number of carbonyl (C=O) groups excluding carboxylic acids is 2. The van der Waals surface area contributed by atoms with Crippen molar-refractivity contribution in [2.24, 2.45) is 18.9 Å². The molecule has 1 heterocycles. The Bertz CT molecular complexity index is 617. The first kappa shape index (κ1) is 22.5. The molecule has 5 heteroatoms. The summed E-state index contributed by atoms with van der Waals surface area (Å²) in [6, 6.07) is 4.06. The Balaban J connectivity index is 1.97. The van der Waals surface area contributed by atoms with E-state index in [0.717, 1.165) is 18.5 Å². The van der Waals surface area contributed by atoms with E-state index in [0.29, 0.717) is 37.9 Å². The molecule has 1 fully saturated rings. The molecule has 158 valence electrons. The minimum Gasteiger partial charge on any atom is -0.353 e. The molecule has 0 aromatic carbocycles. The highest BCUT2D eigenvalue weighted by atomic mass is 16.2. The standard InChI is InChI=1S/C23H39N3O2/c1-5-14-25(22(27)13-12-20-9-6-7-10-20)18-23(28)26(16-19(2)3)17-21-11-8-15-24(21)4/h8,11,15,19-20H,5-7,9-10,12-14,16-18H2,1-4H3. The molecule has 0 spiro atoms. The first-order valence-corrected chi connectivity index (χ1v) is 11.1. The number of amides is 2. The lowest BCUT2D eigenvalue weighted by Crippen LogP contribution is -2.44. The van der Waals surface area contributed by atoms with E-state index in [1.54, 1.807) is 4.90 Å². The van der Waals surface area contributed by atoms with Gasteiger partial charge in [-0.3, -0.25) is 9.59 Å². The largest absolute Gasteiger partial charge is 0.353 e. The van der Waals surface area contributed by atoms with Crippen LogP contribution in [0.5, 0.6) is 0 Å². The molecular weight excluding hydrogens is 350 g/mol. The SMILES string of the molecule is CCCN(CC(=O)N(Cc1cccn1C)CC(C)C)C(=O)CCC1CCCC1. The molecule has 28 heavy (non-hydrogen) atoms. The summed E-state index contributed by atoms with van der Waals surface area (Å²) in [5, 5.41) is 0. The number of carbonyl (C=O) groups is 2. The Morgan fingerprint density at radius 3 is 2.46 bits per heavy atom. The summed E-state index contributed by atoms with van der Waals surface area (Å²) in [5.74, 6) is 1.29. The Morgan fingerprint density at radius 1 is 1.18 bits per heavy atom. The van der Waals surface area contributed by atoms with Crippen molar-refractivity contribution in [2.75, 3.05) is 19.6 Å². The highest BCUT2D eigenvalue weighted by Crippen LogP contribution is 2.28. The van der Waals surface area contributed by atoms with Gasteiger partial charge in [-0.05, 0) is 36.8 Å². The van der Waals surface area contributed by atoms with Crippen molar-refractivity contribution in [3.05, 3.63) is 24.0 Å². The van der Waals surface area contributed by atoms with E-state index in [1.165, 1.54) is 25.7 Å². The van der Waals surface area contributed by atoms with Gasteiger partial charge in [0.2, 0.25) is 11.8 Å². The van der Waals surface area contributed by atoms with Crippen molar-refractivity contribution in [3.8, 4) is 0 Å². The van der Waals surface area contributed by atoms with Gasteiger partial charge in [0.05, 0.1) is 13.1 Å². The second-order valence-electron chi connectivity index (χ2n) is 8.78. The highest BCUT2D eigenvalue weighted by molar-refractivity contribution is 5.84. The summed E-state index contributed by atoms with van der Waals surface area (Å²) >= 11 is 0. The quantitative estimate of drug-likeness (QED) is 0.569. The Labute approximate surface area is 171 Å². The zero-order chi connectivity index (χ0) is 20.5. The summed E-state index contributed by atoms with van der Waals surface area (Å²) in [4.78, 5) is 29.6. The lowest BCUT2D eigenvalue weighted by atomic mass is 10.0. The third-order valence-corrected chi connectivity index (χ3v) is 5.76. The van der Waals surface area contributed by atoms with Crippen molar-refractivity contribution >= 4 is 11.8 Å². The molecule has 5 nitrogen and oxygen atoms in total. The van der Waals surface area contributed by atoms with Crippen LogP contribution in [0, 0.1) is 11.8 Å². The van der Waals surface area contributed by atoms with Gasteiger partial charge in [0, 0.05) is 38.4 Å². The molecule has 1 aliphatic rings. The van der Waals surface area contributed by atoms with Crippen LogP contribution in [0.15, 0.2) is 18.3 Å². The van der Waals surface area contributed by atoms with Gasteiger partial charge < -0.3 is 14.4 Å². The second kappa shape index (κ2) is 11.3. The number of aryl methyl sites for hydroxylation is 1. The Morgan fingerprint density at radius 2 is 1.89 bits per heavy atom. The first-order chi connectivity index (χ1) is 13.4. The normalized spacial score (nSPS) is 14.6. The minimum atomic E-state index is 0.0533. The van der Waals surface area contributed by atoms with Gasteiger partial charge in [0.1, 0.15) is 0 Å². The van der Waals surface area contributed by atoms with Crippen molar-refractivity contribution in [1.82, 2.24) is 14.4 Å². The molecule has 0 aliphatic heterocycles. The van der Waals surface area contributed by atoms with E-state index in [9.17, 15) is 9.59 Å². The monoisotopic (exact) mass is 389 g/mol. The molecule has 0 atom stereocenters. The number of hydrogen-bond donors (Lipinski definition) is 0. The van der Waals surface area contributed by atoms with Crippen LogP contribution < -0.4 is 0 Å². The second-order valence-corrected chi connectivity index (χ2v) is 8.78. The summed E-state index contributed by atoms with van der Waals surface area (Å²) in [6.07, 6.45) is 9.58. The smallest absolute Gasteiger partial charge is 0.242 e. The zero-order valence-corrected chi connectivity index (χ0v) is 18.3. The molecule has 0 saturated heterocycles. The maximum Gasteiger partial charge on any atom is 0.242 e. The van der Waals surface area contributed by atoms with Crippen molar-refractivity contribution in [1.29, 1.82) is 0 Å². The van der Waals surface area contributed by atoms with Crippen LogP contribution in [0.4, 0.5) is 0 Å². The minimum absolute atomic E-state index is 0.0533. The predicted octanol–water partition coefficient (Wildman–Crippen LogP) is 4.22. The van der Waals surface area contributed by atoms with Gasteiger partial charge in [0.15, 0.2) is 0 Å². The highest BCUT2D eigenvalue weighted by Gasteiger charge is 2.23. The fourth-order valence-electron chi connectivity index (χ4n) is 4.16. The van der Waals surface area contributed by atoms with Gasteiger partial charge in [-0.15, -0.1) is 0 Å². The number of hydrogen-bond acceptors (Lipinski definition) is 2. The lowest BCUT2D eigenvalue weighted by Gasteiger charge is -2.29. The summed E-state index contributed by atoms with van der Waals surface area (Å²) in [6.45, 7) is 8.49. The van der Waals surface area contributed by atoms with Crippen LogP contribution in [0.2, 0.25) is 0 Å². The molecule has 1 saturated carbocycles. The number of rotatable bonds is 11. The summed E-state index contributed by atoms with van der Waals surface area (Å²) < 4.78 is 2.05. The number of aromatic nitrogens is 1. The van der Waals surface area contributed by atoms with E-state index in [1.807, 2.05) is 24.2 Å². The van der Waals surface area contributed by atoms with Crippen LogP contribution in [0.1, 0.15) is 71.4 Å². The van der Waals surface area contributed by atoms with Gasteiger partial charge in [0.25, 0.3) is 0 Å². The fraction of sp³-hybridized carbons (Fsp3) is 0.739. The fourth-order valence-corrected chi connectivity index (χ4v) is 4.16. The molecule has 0 N–H and O–H groups in total. The zero-order valence-electron chi connectivity index (χ0n) is 18.3. The van der Waals surface area contributed by atoms with Crippen LogP contribution in [-0.4, -0.2) is 45.8 Å². The topological polar surface area (TPSA) is 45.6 Å². The van der Waals surface area contributed by atoms with E-state index >= 15 is 0 Å². The van der Waals surface area contributed by atoms with Crippen LogP contribution in [0.3, 0.4) is 0 Å². The molecule has 0 bridgehead atoms. The summed E-state index contributed by atoms with van der Waals surface area (Å²) in [5.41, 5.74) is 1.11. The lowest BCUT2D eigenvalue weighted by molar-refractivity contribution is -0.141. The van der Waals surface area contributed by atoms with E-state index in [-0.39, 0.29) is 18.4 Å². The van der Waals surface area contributed by atoms with E-state index in [4.69, 9.17) is 0 Å². The Kier molecular flexibility index (Phi) is 9.07. The number of nitrogens with zero attached hydrogens (tertiary/aromatic N) is 3. The average Bonchev–Trinajstić information content (AvgIpc) is 3.30. The molecule has 1 aliphatic carbocycles. The summed E-state index contributed by atoms with van der Waals surface area (Å²) in [7, 11) is 2.00. The van der Waals surface area contributed by atoms with Crippen molar-refractivity contribution < 1.29 is 9.59 Å². The van der Waals surface area contributed by atoms with Crippen LogP contribution in [0.25, 0.3) is 0 Å². The van der Waals surface area contributed by atoms with Gasteiger partial charge in [-0.25, -0.2) is 0 Å². The molecule has 1 aromatic rings. The molecule has 2 amide bonds. The van der Waals surface area contributed by atoms with Gasteiger partial charge in [-0.2, -0.15) is 0 Å². The Hall–Kier alpha value is -1.78. The average molecular weight is 390 g/mol. The van der Waals surface area contributed by atoms with Crippen LogP contribution >= 0.6 is 0 Å². The van der Waals surface area contributed by atoms with Crippen molar-refractivity contribution in [2.45, 2.75) is 72.3 Å². The maximum absolute atomic E-state index is 13.1. The first-order valence-electron chi connectivity index (χ1n) is 11.1. The maximum atomic E-state index is 13.1. The molecular formula is C23H39N3O2. The molecule has 0 radical (unpaired) electrons. The van der Waals surface area contributed by atoms with Crippen LogP contribution in [-0.2, 0) is 23.2 Å². The predicted molar refractivity (Wildman–Crippen MR) is 114 cm³/mol. The third-order valence-electron chi connectivity index (χ3n) is 5.76. The van der Waals surface area contributed by atoms with E-state index < -0.39 is 0 Å². The van der Waals surface area contributed by atoms with Gasteiger partial charge in [-0.1, -0.05) is 46.5 Å². The van der Waals surface area contributed by atoms with E-state index in [2.05, 4.69) is 31.4 Å². The molecule has 1 aromatic heterocycles. The third kappa shape index (κ3) is 6.99. The molecule has 2 rings (SSSR count).